The molecule has 0 fully saturated rings. The summed E-state index contributed by atoms with van der Waals surface area (Å²) in [4.78, 5) is 36.6. The Morgan fingerprint density at radius 3 is 2.00 bits per heavy atom. The SMILES string of the molecule is CC(C)(C)OC(=O)CCCS(=O)(=O)CC(N)(C(=O)O)C(=O)OCC1c2ccccc2-c2ccccc21. The van der Waals surface area contributed by atoms with Gasteiger partial charge in [-0.1, -0.05) is 48.5 Å². The van der Waals surface area contributed by atoms with Gasteiger partial charge in [0.1, 0.15) is 12.2 Å². The van der Waals surface area contributed by atoms with Crippen LogP contribution in [0.15, 0.2) is 48.5 Å². The monoisotopic (exact) mass is 517 g/mol. The van der Waals surface area contributed by atoms with Crippen LogP contribution in [-0.4, -0.2) is 60.7 Å². The van der Waals surface area contributed by atoms with Crippen LogP contribution in [0.3, 0.4) is 0 Å². The first kappa shape index (κ1) is 27.3. The van der Waals surface area contributed by atoms with Crippen LogP contribution >= 0.6 is 0 Å². The smallest absolute Gasteiger partial charge is 0.338 e. The average molecular weight is 518 g/mol. The fourth-order valence-electron chi connectivity index (χ4n) is 4.18. The first-order chi connectivity index (χ1) is 16.7. The van der Waals surface area contributed by atoms with Crippen LogP contribution < -0.4 is 5.73 Å². The van der Waals surface area contributed by atoms with Crippen molar-refractivity contribution in [2.24, 2.45) is 5.73 Å². The van der Waals surface area contributed by atoms with Gasteiger partial charge in [-0.05, 0) is 49.4 Å². The van der Waals surface area contributed by atoms with E-state index in [-0.39, 0.29) is 25.4 Å². The molecule has 9 nitrogen and oxygen atoms in total. The molecule has 3 N–H and O–H groups in total. The Morgan fingerprint density at radius 1 is 0.972 bits per heavy atom. The molecule has 1 aliphatic carbocycles. The number of rotatable bonds is 10. The van der Waals surface area contributed by atoms with Gasteiger partial charge >= 0.3 is 17.9 Å². The molecule has 0 saturated carbocycles. The second-order valence-corrected chi connectivity index (χ2v) is 12.1. The first-order valence-electron chi connectivity index (χ1n) is 11.5. The summed E-state index contributed by atoms with van der Waals surface area (Å²) in [5, 5.41) is 9.65. The van der Waals surface area contributed by atoms with Crippen molar-refractivity contribution in [2.45, 2.75) is 50.7 Å². The van der Waals surface area contributed by atoms with Crippen LogP contribution in [-0.2, 0) is 33.7 Å². The number of esters is 2. The molecule has 0 heterocycles. The molecule has 1 atom stereocenters. The van der Waals surface area contributed by atoms with Gasteiger partial charge in [-0.25, -0.2) is 18.0 Å². The molecular formula is C26H31NO8S. The number of fused-ring (bicyclic) bond motifs is 3. The van der Waals surface area contributed by atoms with E-state index in [2.05, 4.69) is 0 Å². The molecule has 0 bridgehead atoms. The van der Waals surface area contributed by atoms with Crippen molar-refractivity contribution in [3.8, 4) is 11.1 Å². The number of aliphatic carboxylic acids is 1. The Bertz CT molecular complexity index is 1220. The van der Waals surface area contributed by atoms with E-state index in [0.29, 0.717) is 0 Å². The predicted molar refractivity (Wildman–Crippen MR) is 133 cm³/mol. The first-order valence-corrected chi connectivity index (χ1v) is 13.4. The molecule has 1 unspecified atom stereocenters. The number of benzene rings is 2. The van der Waals surface area contributed by atoms with Crippen LogP contribution in [0.25, 0.3) is 11.1 Å². The molecule has 0 spiro atoms. The topological polar surface area (TPSA) is 150 Å². The molecule has 2 aromatic rings. The van der Waals surface area contributed by atoms with Crippen molar-refractivity contribution in [1.29, 1.82) is 0 Å². The summed E-state index contributed by atoms with van der Waals surface area (Å²) in [5.41, 5.74) is 6.11. The Balaban J connectivity index is 1.67. The minimum absolute atomic E-state index is 0.0996. The maximum atomic E-state index is 12.8. The highest BCUT2D eigenvalue weighted by atomic mass is 32.2. The summed E-state index contributed by atoms with van der Waals surface area (Å²) in [6, 6.07) is 15.2. The Kier molecular flexibility index (Phi) is 7.90. The van der Waals surface area contributed by atoms with E-state index in [4.69, 9.17) is 15.2 Å². The maximum Gasteiger partial charge on any atom is 0.338 e. The van der Waals surface area contributed by atoms with Crippen molar-refractivity contribution >= 4 is 27.7 Å². The van der Waals surface area contributed by atoms with Gasteiger partial charge in [0.05, 0.1) is 11.5 Å². The third-order valence-corrected chi connectivity index (χ3v) is 7.60. The van der Waals surface area contributed by atoms with E-state index >= 15 is 0 Å². The fraction of sp³-hybridized carbons (Fsp3) is 0.423. The number of hydrogen-bond acceptors (Lipinski definition) is 8. The van der Waals surface area contributed by atoms with E-state index in [1.807, 2.05) is 48.5 Å². The maximum absolute atomic E-state index is 12.8. The number of sulfone groups is 1. The number of nitrogens with two attached hydrogens (primary N) is 1. The lowest BCUT2D eigenvalue weighted by Gasteiger charge is -2.24. The third-order valence-electron chi connectivity index (χ3n) is 5.79. The Morgan fingerprint density at radius 2 is 1.50 bits per heavy atom. The Labute approximate surface area is 210 Å². The molecule has 0 saturated heterocycles. The summed E-state index contributed by atoms with van der Waals surface area (Å²) >= 11 is 0. The largest absolute Gasteiger partial charge is 0.479 e. The van der Waals surface area contributed by atoms with Crippen LogP contribution in [0.4, 0.5) is 0 Å². The fourth-order valence-corrected chi connectivity index (χ4v) is 5.85. The van der Waals surface area contributed by atoms with Gasteiger partial charge in [-0.15, -0.1) is 0 Å². The quantitative estimate of drug-likeness (QED) is 0.358. The van der Waals surface area contributed by atoms with Crippen LogP contribution in [0, 0.1) is 0 Å². The van der Waals surface area contributed by atoms with Gasteiger partial charge in [-0.3, -0.25) is 4.79 Å². The highest BCUT2D eigenvalue weighted by Gasteiger charge is 2.48. The molecule has 10 heteroatoms. The zero-order valence-corrected chi connectivity index (χ0v) is 21.3. The molecule has 194 valence electrons. The van der Waals surface area contributed by atoms with Crippen molar-refractivity contribution in [3.63, 3.8) is 0 Å². The minimum Gasteiger partial charge on any atom is -0.479 e. The minimum atomic E-state index is -4.12. The number of carbonyl (C=O) groups excluding carboxylic acids is 2. The third kappa shape index (κ3) is 6.30. The van der Waals surface area contributed by atoms with E-state index in [1.165, 1.54) is 0 Å². The van der Waals surface area contributed by atoms with Gasteiger partial charge in [-0.2, -0.15) is 0 Å². The van der Waals surface area contributed by atoms with Crippen molar-refractivity contribution in [3.05, 3.63) is 59.7 Å². The molecule has 2 aromatic carbocycles. The Hall–Kier alpha value is -3.24. The van der Waals surface area contributed by atoms with Gasteiger partial charge in [0.15, 0.2) is 9.84 Å². The standard InChI is InChI=1S/C26H31NO8S/c1-25(2,3)35-22(28)13-8-14-36(32,33)16-26(27,23(29)30)24(31)34-15-21-19-11-6-4-9-17(19)18-10-5-7-12-20(18)21/h4-7,9-12,21H,8,13-16,27H2,1-3H3,(H,29,30). The predicted octanol–water partition coefficient (Wildman–Crippen LogP) is 2.66. The lowest BCUT2D eigenvalue weighted by molar-refractivity contribution is -0.160. The van der Waals surface area contributed by atoms with Crippen molar-refractivity contribution in [1.82, 2.24) is 0 Å². The average Bonchev–Trinajstić information content (AvgIpc) is 3.09. The highest BCUT2D eigenvalue weighted by Crippen LogP contribution is 2.44. The van der Waals surface area contributed by atoms with Gasteiger partial charge < -0.3 is 20.3 Å². The van der Waals surface area contributed by atoms with Crippen LogP contribution in [0.5, 0.6) is 0 Å². The van der Waals surface area contributed by atoms with Gasteiger partial charge in [0.2, 0.25) is 5.54 Å². The lowest BCUT2D eigenvalue weighted by Crippen LogP contribution is -2.60. The molecule has 36 heavy (non-hydrogen) atoms. The summed E-state index contributed by atoms with van der Waals surface area (Å²) < 4.78 is 35.7. The highest BCUT2D eigenvalue weighted by molar-refractivity contribution is 7.91. The number of hydrogen-bond donors (Lipinski definition) is 2. The molecule has 0 aliphatic heterocycles. The van der Waals surface area contributed by atoms with Crippen molar-refractivity contribution < 1.29 is 37.4 Å². The van der Waals surface area contributed by atoms with Crippen LogP contribution in [0.1, 0.15) is 50.7 Å². The summed E-state index contributed by atoms with van der Waals surface area (Å²) in [5.74, 6) is -5.76. The second kappa shape index (κ2) is 10.4. The molecule has 0 radical (unpaired) electrons. The van der Waals surface area contributed by atoms with Crippen LogP contribution in [0.2, 0.25) is 0 Å². The molecule has 3 rings (SSSR count). The number of carbonyl (C=O) groups is 3. The van der Waals surface area contributed by atoms with E-state index in [0.717, 1.165) is 22.3 Å². The summed E-state index contributed by atoms with van der Waals surface area (Å²) in [6.07, 6.45) is -0.274. The second-order valence-electron chi connectivity index (χ2n) is 9.88. The number of carboxylic acid groups (broad SMARTS) is 1. The zero-order valence-electron chi connectivity index (χ0n) is 20.5. The lowest BCUT2D eigenvalue weighted by atomic mass is 9.98. The summed E-state index contributed by atoms with van der Waals surface area (Å²) in [6.45, 7) is 4.86. The van der Waals surface area contributed by atoms with Gasteiger partial charge in [0, 0.05) is 12.3 Å². The number of carboxylic acids is 1. The molecule has 0 aromatic heterocycles. The molecule has 0 amide bonds. The van der Waals surface area contributed by atoms with Gasteiger partial charge in [0.25, 0.3) is 0 Å². The number of ether oxygens (including phenoxy) is 2. The van der Waals surface area contributed by atoms with E-state index in [9.17, 15) is 27.9 Å². The molecular weight excluding hydrogens is 486 g/mol. The van der Waals surface area contributed by atoms with E-state index in [1.54, 1.807) is 20.8 Å². The molecule has 1 aliphatic rings. The normalized spacial score (nSPS) is 14.9. The van der Waals surface area contributed by atoms with Crippen molar-refractivity contribution in [2.75, 3.05) is 18.1 Å². The zero-order chi connectivity index (χ0) is 26.7. The summed E-state index contributed by atoms with van der Waals surface area (Å²) in [7, 11) is -4.12. The van der Waals surface area contributed by atoms with E-state index < -0.39 is 50.4 Å².